The van der Waals surface area contributed by atoms with E-state index in [-0.39, 0.29) is 11.8 Å². The normalized spacial score (nSPS) is 15.2. The lowest BCUT2D eigenvalue weighted by molar-refractivity contribution is 0.0607. The van der Waals surface area contributed by atoms with Crippen LogP contribution in [0, 0.1) is 0 Å². The third-order valence-electron chi connectivity index (χ3n) is 4.22. The van der Waals surface area contributed by atoms with E-state index in [1.165, 1.54) is 6.26 Å². The van der Waals surface area contributed by atoms with Crippen molar-refractivity contribution in [3.05, 3.63) is 59.0 Å². The zero-order valence-electron chi connectivity index (χ0n) is 13.8. The van der Waals surface area contributed by atoms with Gasteiger partial charge in [0.05, 0.1) is 16.8 Å². The van der Waals surface area contributed by atoms with Crippen molar-refractivity contribution < 1.29 is 14.0 Å². The molecule has 1 saturated heterocycles. The van der Waals surface area contributed by atoms with Crippen LogP contribution in [0.25, 0.3) is 0 Å². The Morgan fingerprint density at radius 1 is 1.08 bits per heavy atom. The van der Waals surface area contributed by atoms with Gasteiger partial charge in [-0.05, 0) is 24.3 Å². The highest BCUT2D eigenvalue weighted by molar-refractivity contribution is 6.33. The Morgan fingerprint density at radius 3 is 2.52 bits per heavy atom. The second-order valence-corrected chi connectivity index (χ2v) is 6.25. The van der Waals surface area contributed by atoms with Gasteiger partial charge < -0.3 is 14.6 Å². The van der Waals surface area contributed by atoms with Crippen molar-refractivity contribution in [1.29, 1.82) is 0 Å². The Balaban J connectivity index is 1.40. The number of amides is 2. The molecule has 1 aliphatic heterocycles. The molecule has 132 valence electrons. The van der Waals surface area contributed by atoms with Gasteiger partial charge in [0.1, 0.15) is 0 Å². The highest BCUT2D eigenvalue weighted by atomic mass is 35.5. The molecule has 2 amide bonds. The summed E-state index contributed by atoms with van der Waals surface area (Å²) in [5.41, 5.74) is 0.484. The van der Waals surface area contributed by atoms with Gasteiger partial charge in [-0.2, -0.15) is 0 Å². The number of carbonyl (C=O) groups is 2. The van der Waals surface area contributed by atoms with E-state index in [1.54, 1.807) is 41.3 Å². The number of furan rings is 1. The van der Waals surface area contributed by atoms with Gasteiger partial charge in [0.25, 0.3) is 11.8 Å². The molecule has 2 aromatic rings. The highest BCUT2D eigenvalue weighted by Crippen LogP contribution is 2.14. The molecule has 1 N–H and O–H groups in total. The maximum absolute atomic E-state index is 12.2. The van der Waals surface area contributed by atoms with Crippen LogP contribution in [-0.4, -0.2) is 60.9 Å². The van der Waals surface area contributed by atoms with Crippen molar-refractivity contribution in [3.8, 4) is 0 Å². The summed E-state index contributed by atoms with van der Waals surface area (Å²) in [5, 5.41) is 3.33. The second kappa shape index (κ2) is 8.18. The van der Waals surface area contributed by atoms with Crippen LogP contribution in [0.1, 0.15) is 20.9 Å². The van der Waals surface area contributed by atoms with Crippen LogP contribution in [0.4, 0.5) is 0 Å². The zero-order valence-corrected chi connectivity index (χ0v) is 14.5. The monoisotopic (exact) mass is 361 g/mol. The number of hydrogen-bond donors (Lipinski definition) is 1. The maximum Gasteiger partial charge on any atom is 0.289 e. The fraction of sp³-hybridized carbons (Fsp3) is 0.333. The van der Waals surface area contributed by atoms with E-state index in [1.807, 2.05) is 0 Å². The number of benzene rings is 1. The molecule has 0 radical (unpaired) electrons. The number of rotatable bonds is 5. The number of nitrogens with zero attached hydrogens (tertiary/aromatic N) is 2. The molecular weight excluding hydrogens is 342 g/mol. The standard InChI is InChI=1S/C18H20ClN3O3/c19-15-5-2-1-4-14(15)17(23)20-7-8-21-9-11-22(12-10-21)18(24)16-6-3-13-25-16/h1-6,13H,7-12H2,(H,20,23). The quantitative estimate of drug-likeness (QED) is 0.886. The number of halogens is 1. The molecule has 1 aromatic carbocycles. The third kappa shape index (κ3) is 4.41. The topological polar surface area (TPSA) is 65.8 Å². The average molecular weight is 362 g/mol. The molecule has 1 fully saturated rings. The van der Waals surface area contributed by atoms with Gasteiger partial charge in [-0.3, -0.25) is 14.5 Å². The molecule has 1 aliphatic rings. The lowest BCUT2D eigenvalue weighted by Gasteiger charge is -2.34. The SMILES string of the molecule is O=C(NCCN1CCN(C(=O)c2ccco2)CC1)c1ccccc1Cl. The van der Waals surface area contributed by atoms with Crippen LogP contribution in [0.2, 0.25) is 5.02 Å². The molecule has 7 heteroatoms. The van der Waals surface area contributed by atoms with Crippen LogP contribution in [0.15, 0.2) is 47.1 Å². The minimum atomic E-state index is -0.169. The predicted molar refractivity (Wildman–Crippen MR) is 94.8 cm³/mol. The molecule has 1 aromatic heterocycles. The number of hydrogen-bond acceptors (Lipinski definition) is 4. The Kier molecular flexibility index (Phi) is 5.73. The average Bonchev–Trinajstić information content (AvgIpc) is 3.16. The van der Waals surface area contributed by atoms with E-state index in [4.69, 9.17) is 16.0 Å². The first-order valence-corrected chi connectivity index (χ1v) is 8.61. The van der Waals surface area contributed by atoms with Gasteiger partial charge in [-0.25, -0.2) is 0 Å². The predicted octanol–water partition coefficient (Wildman–Crippen LogP) is 2.12. The minimum Gasteiger partial charge on any atom is -0.459 e. The molecule has 3 rings (SSSR count). The van der Waals surface area contributed by atoms with Crippen molar-refractivity contribution >= 4 is 23.4 Å². The molecule has 0 saturated carbocycles. The Hall–Kier alpha value is -2.31. The zero-order chi connectivity index (χ0) is 17.6. The lowest BCUT2D eigenvalue weighted by atomic mass is 10.2. The van der Waals surface area contributed by atoms with Crippen LogP contribution in [0.3, 0.4) is 0 Å². The Labute approximate surface area is 151 Å². The van der Waals surface area contributed by atoms with Gasteiger partial charge in [-0.1, -0.05) is 23.7 Å². The summed E-state index contributed by atoms with van der Waals surface area (Å²) in [6.07, 6.45) is 1.51. The fourth-order valence-corrected chi connectivity index (χ4v) is 3.02. The van der Waals surface area contributed by atoms with Gasteiger partial charge in [-0.15, -0.1) is 0 Å². The smallest absolute Gasteiger partial charge is 0.289 e. The molecule has 0 spiro atoms. The first-order chi connectivity index (χ1) is 12.1. The fourth-order valence-electron chi connectivity index (χ4n) is 2.80. The third-order valence-corrected chi connectivity index (χ3v) is 4.55. The van der Waals surface area contributed by atoms with Crippen molar-refractivity contribution in [3.63, 3.8) is 0 Å². The number of piperazine rings is 1. The van der Waals surface area contributed by atoms with Crippen molar-refractivity contribution in [2.45, 2.75) is 0 Å². The molecule has 25 heavy (non-hydrogen) atoms. The van der Waals surface area contributed by atoms with E-state index in [2.05, 4.69) is 10.2 Å². The number of nitrogens with one attached hydrogen (secondary N) is 1. The maximum atomic E-state index is 12.2. The van der Waals surface area contributed by atoms with Crippen molar-refractivity contribution in [2.24, 2.45) is 0 Å². The van der Waals surface area contributed by atoms with Gasteiger partial charge >= 0.3 is 0 Å². The van der Waals surface area contributed by atoms with Gasteiger partial charge in [0.15, 0.2) is 5.76 Å². The van der Waals surface area contributed by atoms with Gasteiger partial charge in [0.2, 0.25) is 0 Å². The van der Waals surface area contributed by atoms with Crippen molar-refractivity contribution in [2.75, 3.05) is 39.3 Å². The molecule has 6 nitrogen and oxygen atoms in total. The molecular formula is C18H20ClN3O3. The van der Waals surface area contributed by atoms with E-state index in [0.717, 1.165) is 19.6 Å². The summed E-state index contributed by atoms with van der Waals surface area (Å²) in [6.45, 7) is 4.12. The first kappa shape index (κ1) is 17.5. The van der Waals surface area contributed by atoms with E-state index >= 15 is 0 Å². The molecule has 0 atom stereocenters. The summed E-state index contributed by atoms with van der Waals surface area (Å²) in [7, 11) is 0. The van der Waals surface area contributed by atoms with Gasteiger partial charge in [0, 0.05) is 39.3 Å². The Morgan fingerprint density at radius 2 is 1.84 bits per heavy atom. The van der Waals surface area contributed by atoms with Crippen LogP contribution in [0.5, 0.6) is 0 Å². The summed E-state index contributed by atoms with van der Waals surface area (Å²) < 4.78 is 5.16. The lowest BCUT2D eigenvalue weighted by Crippen LogP contribution is -2.50. The summed E-state index contributed by atoms with van der Waals surface area (Å²) >= 11 is 6.02. The largest absolute Gasteiger partial charge is 0.459 e. The molecule has 2 heterocycles. The number of carbonyl (C=O) groups excluding carboxylic acids is 2. The van der Waals surface area contributed by atoms with Crippen LogP contribution < -0.4 is 5.32 Å². The van der Waals surface area contributed by atoms with Crippen molar-refractivity contribution in [1.82, 2.24) is 15.1 Å². The first-order valence-electron chi connectivity index (χ1n) is 8.23. The van der Waals surface area contributed by atoms with E-state index in [9.17, 15) is 9.59 Å². The van der Waals surface area contributed by atoms with E-state index < -0.39 is 0 Å². The summed E-state index contributed by atoms with van der Waals surface area (Å²) in [5.74, 6) is 0.134. The van der Waals surface area contributed by atoms with Crippen LogP contribution in [-0.2, 0) is 0 Å². The minimum absolute atomic E-state index is 0.0725. The molecule has 0 aliphatic carbocycles. The molecule has 0 unspecified atom stereocenters. The van der Waals surface area contributed by atoms with E-state index in [0.29, 0.717) is 36.0 Å². The Bertz CT molecular complexity index is 725. The summed E-state index contributed by atoms with van der Waals surface area (Å²) in [4.78, 5) is 28.3. The van der Waals surface area contributed by atoms with Crippen LogP contribution >= 0.6 is 11.6 Å². The summed E-state index contributed by atoms with van der Waals surface area (Å²) in [6, 6.07) is 10.4. The second-order valence-electron chi connectivity index (χ2n) is 5.85. The molecule has 0 bridgehead atoms. The highest BCUT2D eigenvalue weighted by Gasteiger charge is 2.23.